The third-order valence-electron chi connectivity index (χ3n) is 5.73. The molecule has 0 bridgehead atoms. The number of para-hydroxylation sites is 1. The van der Waals surface area contributed by atoms with Crippen molar-refractivity contribution in [1.82, 2.24) is 0 Å². The molecule has 0 fully saturated rings. The minimum atomic E-state index is -5.26. The number of alkyl halides is 3. The van der Waals surface area contributed by atoms with Crippen molar-refractivity contribution in [2.75, 3.05) is 10.2 Å². The van der Waals surface area contributed by atoms with Gasteiger partial charge in [-0.1, -0.05) is 49.2 Å². The van der Waals surface area contributed by atoms with Gasteiger partial charge in [0.15, 0.2) is 5.78 Å². The van der Waals surface area contributed by atoms with Crippen LogP contribution in [0.15, 0.2) is 47.7 Å². The number of nitrogens with one attached hydrogen (secondary N) is 1. The van der Waals surface area contributed by atoms with Gasteiger partial charge in [0.1, 0.15) is 11.4 Å². The van der Waals surface area contributed by atoms with Crippen molar-refractivity contribution in [3.63, 3.8) is 0 Å². The normalized spacial score (nSPS) is 20.0. The maximum atomic E-state index is 13.8. The summed E-state index contributed by atoms with van der Waals surface area (Å²) in [7, 11) is 0. The summed E-state index contributed by atoms with van der Waals surface area (Å²) in [5.41, 5.74) is -0.393. The summed E-state index contributed by atoms with van der Waals surface area (Å²) in [5.74, 6) is -2.98. The SMILES string of the molecule is CC1(C)CC(=O)C2=C(C1)Nc1c(O)cccc1N(C(=O)C(F)(F)F)C2c1ccc(Cl)cc1Cl. The molecule has 2 aromatic carbocycles. The van der Waals surface area contributed by atoms with Crippen LogP contribution in [0.25, 0.3) is 0 Å². The largest absolute Gasteiger partial charge is 0.506 e. The van der Waals surface area contributed by atoms with Gasteiger partial charge in [0, 0.05) is 27.7 Å². The highest BCUT2D eigenvalue weighted by Gasteiger charge is 2.51. The van der Waals surface area contributed by atoms with E-state index in [4.69, 9.17) is 23.2 Å². The molecule has 1 unspecified atom stereocenters. The van der Waals surface area contributed by atoms with E-state index in [9.17, 15) is 27.9 Å². The molecular weight excluding hydrogens is 480 g/mol. The number of halogens is 5. The summed E-state index contributed by atoms with van der Waals surface area (Å²) in [6, 6.07) is 6.56. The monoisotopic (exact) mass is 498 g/mol. The van der Waals surface area contributed by atoms with Gasteiger partial charge in [0.05, 0.1) is 11.7 Å². The third kappa shape index (κ3) is 4.17. The topological polar surface area (TPSA) is 69.6 Å². The Hall–Kier alpha value is -2.71. The molecule has 1 amide bonds. The van der Waals surface area contributed by atoms with E-state index in [-0.39, 0.29) is 44.7 Å². The standard InChI is InChI=1S/C23H19Cl2F3N2O3/c1-22(2)9-14-18(17(32)10-22)20(12-7-6-11(24)8-13(12)25)30(21(33)23(26,27)28)15-4-3-5-16(31)19(15)29-14/h3-8,20,29,31H,9-10H2,1-2H3. The van der Waals surface area contributed by atoms with Crippen LogP contribution < -0.4 is 10.2 Å². The molecule has 0 saturated heterocycles. The number of benzene rings is 2. The van der Waals surface area contributed by atoms with Gasteiger partial charge in [0.2, 0.25) is 0 Å². The first-order valence-electron chi connectivity index (χ1n) is 10.0. The van der Waals surface area contributed by atoms with Crippen LogP contribution in [0.4, 0.5) is 24.5 Å². The van der Waals surface area contributed by atoms with Gasteiger partial charge in [-0.25, -0.2) is 0 Å². The summed E-state index contributed by atoms with van der Waals surface area (Å²) in [5, 5.41) is 13.7. The van der Waals surface area contributed by atoms with Crippen LogP contribution in [-0.4, -0.2) is 23.0 Å². The minimum absolute atomic E-state index is 0.000520. The van der Waals surface area contributed by atoms with Crippen molar-refractivity contribution in [3.8, 4) is 5.75 Å². The highest BCUT2D eigenvalue weighted by molar-refractivity contribution is 6.35. The Morgan fingerprint density at radius 1 is 1.18 bits per heavy atom. The van der Waals surface area contributed by atoms with Crippen LogP contribution >= 0.6 is 23.2 Å². The van der Waals surface area contributed by atoms with E-state index in [0.29, 0.717) is 17.0 Å². The van der Waals surface area contributed by atoms with Crippen LogP contribution in [0.1, 0.15) is 38.3 Å². The van der Waals surface area contributed by atoms with Crippen molar-refractivity contribution in [3.05, 3.63) is 63.3 Å². The number of Topliss-reactive ketones (excluding diaryl/α,β-unsaturated/α-hetero) is 1. The molecular formula is C23H19Cl2F3N2O3. The Morgan fingerprint density at radius 2 is 1.88 bits per heavy atom. The molecule has 1 aliphatic heterocycles. The number of hydrogen-bond donors (Lipinski definition) is 2. The molecule has 0 spiro atoms. The van der Waals surface area contributed by atoms with Crippen LogP contribution in [0.2, 0.25) is 10.0 Å². The first-order chi connectivity index (χ1) is 15.3. The predicted molar refractivity (Wildman–Crippen MR) is 120 cm³/mol. The van der Waals surface area contributed by atoms with Crippen LogP contribution in [0.5, 0.6) is 5.75 Å². The van der Waals surface area contributed by atoms with Crippen molar-refractivity contribution in [2.24, 2.45) is 5.41 Å². The van der Waals surface area contributed by atoms with Gasteiger partial charge in [-0.15, -0.1) is 0 Å². The smallest absolute Gasteiger partial charge is 0.471 e. The number of phenolic OH excluding ortho intramolecular Hbond substituents is 1. The van der Waals surface area contributed by atoms with Crippen molar-refractivity contribution in [1.29, 1.82) is 0 Å². The average Bonchev–Trinajstić information content (AvgIpc) is 2.81. The maximum Gasteiger partial charge on any atom is 0.471 e. The quantitative estimate of drug-likeness (QED) is 0.446. The molecule has 0 radical (unpaired) electrons. The first kappa shape index (κ1) is 23.4. The molecule has 1 aliphatic carbocycles. The average molecular weight is 499 g/mol. The molecule has 0 saturated carbocycles. The second-order valence-corrected chi connectivity index (χ2v) is 9.71. The summed E-state index contributed by atoms with van der Waals surface area (Å²) in [6.45, 7) is 3.71. The number of anilines is 2. The molecule has 33 heavy (non-hydrogen) atoms. The second-order valence-electron chi connectivity index (χ2n) is 8.87. The summed E-state index contributed by atoms with van der Waals surface area (Å²) >= 11 is 12.4. The van der Waals surface area contributed by atoms with Gasteiger partial charge in [0.25, 0.3) is 0 Å². The van der Waals surface area contributed by atoms with Crippen molar-refractivity contribution in [2.45, 2.75) is 38.9 Å². The number of hydrogen-bond acceptors (Lipinski definition) is 4. The predicted octanol–water partition coefficient (Wildman–Crippen LogP) is 6.40. The van der Waals surface area contributed by atoms with Gasteiger partial charge in [-0.3, -0.25) is 14.5 Å². The number of allylic oxidation sites excluding steroid dienone is 1. The number of rotatable bonds is 1. The molecule has 1 atom stereocenters. The van der Waals surface area contributed by atoms with E-state index in [1.807, 2.05) is 13.8 Å². The van der Waals surface area contributed by atoms with Gasteiger partial charge in [-0.2, -0.15) is 13.2 Å². The molecule has 5 nitrogen and oxygen atoms in total. The molecule has 4 rings (SSSR count). The number of ketones is 1. The minimum Gasteiger partial charge on any atom is -0.506 e. The molecule has 1 heterocycles. The molecule has 2 aliphatic rings. The zero-order valence-corrected chi connectivity index (χ0v) is 19.1. The Labute approximate surface area is 197 Å². The lowest BCUT2D eigenvalue weighted by molar-refractivity contribution is -0.170. The zero-order valence-electron chi connectivity index (χ0n) is 17.6. The summed E-state index contributed by atoms with van der Waals surface area (Å²) < 4.78 is 41.5. The molecule has 2 N–H and O–H groups in total. The molecule has 0 aromatic heterocycles. The Kier molecular flexibility index (Phi) is 5.65. The lowest BCUT2D eigenvalue weighted by Gasteiger charge is -2.37. The fraction of sp³-hybridized carbons (Fsp3) is 0.304. The van der Waals surface area contributed by atoms with E-state index in [2.05, 4.69) is 5.32 Å². The maximum absolute atomic E-state index is 13.8. The van der Waals surface area contributed by atoms with E-state index in [1.54, 1.807) is 0 Å². The van der Waals surface area contributed by atoms with Crippen LogP contribution in [-0.2, 0) is 9.59 Å². The zero-order chi connectivity index (χ0) is 24.3. The van der Waals surface area contributed by atoms with E-state index < -0.39 is 29.3 Å². The lowest BCUT2D eigenvalue weighted by Crippen LogP contribution is -2.45. The number of fused-ring (bicyclic) bond motifs is 1. The number of phenols is 1. The fourth-order valence-electron chi connectivity index (χ4n) is 4.42. The number of aromatic hydroxyl groups is 1. The second kappa shape index (κ2) is 7.95. The van der Waals surface area contributed by atoms with E-state index in [1.165, 1.54) is 36.4 Å². The lowest BCUT2D eigenvalue weighted by atomic mass is 9.73. The number of nitrogens with zero attached hydrogens (tertiary/aromatic N) is 1. The van der Waals surface area contributed by atoms with Crippen LogP contribution in [0.3, 0.4) is 0 Å². The third-order valence-corrected chi connectivity index (χ3v) is 6.29. The molecule has 174 valence electrons. The number of amides is 1. The molecule has 10 heteroatoms. The van der Waals surface area contributed by atoms with Crippen molar-refractivity contribution < 1.29 is 27.9 Å². The van der Waals surface area contributed by atoms with E-state index >= 15 is 0 Å². The first-order valence-corrected chi connectivity index (χ1v) is 10.8. The van der Waals surface area contributed by atoms with Crippen molar-refractivity contribution >= 4 is 46.3 Å². The summed E-state index contributed by atoms with van der Waals surface area (Å²) in [6.07, 6.45) is -4.90. The van der Waals surface area contributed by atoms with Crippen LogP contribution in [0, 0.1) is 5.41 Å². The fourth-order valence-corrected chi connectivity index (χ4v) is 4.93. The Bertz CT molecular complexity index is 1210. The Morgan fingerprint density at radius 3 is 2.52 bits per heavy atom. The van der Waals surface area contributed by atoms with E-state index in [0.717, 1.165) is 0 Å². The summed E-state index contributed by atoms with van der Waals surface area (Å²) in [4.78, 5) is 26.7. The number of carbonyl (C=O) groups excluding carboxylic acids is 2. The van der Waals surface area contributed by atoms with Gasteiger partial charge >= 0.3 is 12.1 Å². The highest BCUT2D eigenvalue weighted by atomic mass is 35.5. The van der Waals surface area contributed by atoms with Gasteiger partial charge in [-0.05, 0) is 41.7 Å². The molecule has 2 aromatic rings. The Balaban J connectivity index is 2.10. The highest BCUT2D eigenvalue weighted by Crippen LogP contribution is 2.52. The number of carbonyl (C=O) groups is 2. The van der Waals surface area contributed by atoms with Gasteiger partial charge < -0.3 is 10.4 Å².